The van der Waals surface area contributed by atoms with E-state index in [1.807, 2.05) is 32.3 Å². The van der Waals surface area contributed by atoms with Gasteiger partial charge in [0.2, 0.25) is 5.13 Å². The predicted octanol–water partition coefficient (Wildman–Crippen LogP) is 2.59. The lowest BCUT2D eigenvalue weighted by molar-refractivity contribution is 0.853. The fraction of sp³-hybridized carbons (Fsp3) is 0.154. The molecule has 19 heavy (non-hydrogen) atoms. The van der Waals surface area contributed by atoms with Gasteiger partial charge < -0.3 is 5.73 Å². The Bertz CT molecular complexity index is 711. The van der Waals surface area contributed by atoms with Crippen LogP contribution in [-0.2, 0) is 0 Å². The Hall–Kier alpha value is -2.21. The molecule has 5 nitrogen and oxygen atoms in total. The minimum Gasteiger partial charge on any atom is -0.384 e. The Morgan fingerprint density at radius 3 is 2.63 bits per heavy atom. The van der Waals surface area contributed by atoms with E-state index in [-0.39, 0.29) is 0 Å². The molecular formula is C13H13N5S. The van der Waals surface area contributed by atoms with Gasteiger partial charge >= 0.3 is 0 Å². The molecule has 0 aliphatic heterocycles. The third-order valence-electron chi connectivity index (χ3n) is 2.80. The van der Waals surface area contributed by atoms with Crippen LogP contribution in [0.1, 0.15) is 10.6 Å². The van der Waals surface area contributed by atoms with E-state index in [2.05, 4.69) is 15.1 Å². The van der Waals surface area contributed by atoms with Crippen molar-refractivity contribution in [1.82, 2.24) is 19.7 Å². The van der Waals surface area contributed by atoms with Crippen LogP contribution in [0.4, 0.5) is 5.82 Å². The van der Waals surface area contributed by atoms with Gasteiger partial charge in [0, 0.05) is 34.6 Å². The molecule has 0 spiro atoms. The van der Waals surface area contributed by atoms with Gasteiger partial charge in [0.25, 0.3) is 0 Å². The molecule has 96 valence electrons. The molecule has 0 unspecified atom stereocenters. The van der Waals surface area contributed by atoms with Crippen LogP contribution in [0.25, 0.3) is 16.3 Å². The first kappa shape index (κ1) is 11.9. The van der Waals surface area contributed by atoms with E-state index in [1.165, 1.54) is 4.88 Å². The zero-order chi connectivity index (χ0) is 13.4. The van der Waals surface area contributed by atoms with Crippen molar-refractivity contribution in [2.24, 2.45) is 0 Å². The molecule has 3 heterocycles. The number of pyridine rings is 1. The maximum atomic E-state index is 5.60. The molecule has 6 heteroatoms. The number of nitrogens with zero attached hydrogens (tertiary/aromatic N) is 4. The first-order chi connectivity index (χ1) is 9.13. The summed E-state index contributed by atoms with van der Waals surface area (Å²) < 4.78 is 1.80. The molecule has 0 radical (unpaired) electrons. The third-order valence-corrected chi connectivity index (χ3v) is 3.70. The van der Waals surface area contributed by atoms with E-state index in [1.54, 1.807) is 28.3 Å². The molecule has 0 bridgehead atoms. The van der Waals surface area contributed by atoms with Crippen molar-refractivity contribution >= 4 is 17.2 Å². The van der Waals surface area contributed by atoms with Crippen molar-refractivity contribution in [3.63, 3.8) is 0 Å². The molecule has 3 aromatic rings. The van der Waals surface area contributed by atoms with Gasteiger partial charge in [-0.15, -0.1) is 11.3 Å². The average molecular weight is 271 g/mol. The second-order valence-corrected chi connectivity index (χ2v) is 5.51. The quantitative estimate of drug-likeness (QED) is 0.777. The number of hydrogen-bond donors (Lipinski definition) is 1. The van der Waals surface area contributed by atoms with E-state index in [0.29, 0.717) is 5.82 Å². The normalized spacial score (nSPS) is 10.8. The Kier molecular flexibility index (Phi) is 2.79. The highest BCUT2D eigenvalue weighted by atomic mass is 32.1. The summed E-state index contributed by atoms with van der Waals surface area (Å²) in [6, 6.07) is 3.74. The topological polar surface area (TPSA) is 69.6 Å². The Labute approximate surface area is 114 Å². The van der Waals surface area contributed by atoms with Crippen molar-refractivity contribution in [1.29, 1.82) is 0 Å². The van der Waals surface area contributed by atoms with Crippen LogP contribution in [0.3, 0.4) is 0 Å². The summed E-state index contributed by atoms with van der Waals surface area (Å²) in [6.07, 6.45) is 5.58. The van der Waals surface area contributed by atoms with Crippen molar-refractivity contribution in [2.75, 3.05) is 5.73 Å². The highest BCUT2D eigenvalue weighted by Gasteiger charge is 2.10. The van der Waals surface area contributed by atoms with Gasteiger partial charge in [-0.3, -0.25) is 0 Å². The highest BCUT2D eigenvalue weighted by molar-refractivity contribution is 7.13. The number of aromatic nitrogens is 4. The van der Waals surface area contributed by atoms with E-state index < -0.39 is 0 Å². The lowest BCUT2D eigenvalue weighted by Gasteiger charge is -1.98. The summed E-state index contributed by atoms with van der Waals surface area (Å²) in [5.41, 5.74) is 8.59. The molecule has 0 amide bonds. The Balaban J connectivity index is 2.04. The second-order valence-electron chi connectivity index (χ2n) is 4.30. The van der Waals surface area contributed by atoms with E-state index >= 15 is 0 Å². The molecule has 3 rings (SSSR count). The van der Waals surface area contributed by atoms with Gasteiger partial charge in [0.1, 0.15) is 5.82 Å². The van der Waals surface area contributed by atoms with Crippen LogP contribution in [0.5, 0.6) is 0 Å². The van der Waals surface area contributed by atoms with Crippen LogP contribution in [0.2, 0.25) is 0 Å². The van der Waals surface area contributed by atoms with Gasteiger partial charge in [-0.1, -0.05) is 0 Å². The summed E-state index contributed by atoms with van der Waals surface area (Å²) in [5, 5.41) is 5.37. The molecule has 0 fully saturated rings. The van der Waals surface area contributed by atoms with Crippen LogP contribution in [0, 0.1) is 13.8 Å². The zero-order valence-electron chi connectivity index (χ0n) is 10.7. The van der Waals surface area contributed by atoms with Gasteiger partial charge in [0.05, 0.1) is 5.69 Å². The number of rotatable bonds is 2. The lowest BCUT2D eigenvalue weighted by Crippen LogP contribution is -1.92. The molecule has 0 aromatic carbocycles. The van der Waals surface area contributed by atoms with E-state index in [9.17, 15) is 0 Å². The van der Waals surface area contributed by atoms with E-state index in [0.717, 1.165) is 22.0 Å². The highest BCUT2D eigenvalue weighted by Crippen LogP contribution is 2.25. The molecule has 2 N–H and O–H groups in total. The monoisotopic (exact) mass is 271 g/mol. The van der Waals surface area contributed by atoms with Gasteiger partial charge in [-0.25, -0.2) is 14.6 Å². The minimum atomic E-state index is 0.518. The standard InChI is InChI=1S/C13H13N5S/c1-8-5-16-13(19-8)18-7-11(9(2)17-18)10-3-4-12(14)15-6-10/h3-7H,1-2H3,(H2,14,15). The summed E-state index contributed by atoms with van der Waals surface area (Å²) in [5.74, 6) is 0.518. The van der Waals surface area contributed by atoms with Crippen LogP contribution in [0.15, 0.2) is 30.7 Å². The largest absolute Gasteiger partial charge is 0.384 e. The van der Waals surface area contributed by atoms with Gasteiger partial charge in [0.15, 0.2) is 0 Å². The smallest absolute Gasteiger partial charge is 0.210 e. The van der Waals surface area contributed by atoms with Crippen molar-refractivity contribution in [2.45, 2.75) is 13.8 Å². The first-order valence-electron chi connectivity index (χ1n) is 5.84. The summed E-state index contributed by atoms with van der Waals surface area (Å²) in [4.78, 5) is 9.61. The molecule has 0 saturated heterocycles. The van der Waals surface area contributed by atoms with Gasteiger partial charge in [-0.05, 0) is 26.0 Å². The van der Waals surface area contributed by atoms with Crippen molar-refractivity contribution in [3.8, 4) is 16.3 Å². The van der Waals surface area contributed by atoms with Gasteiger partial charge in [-0.2, -0.15) is 5.10 Å². The SMILES string of the molecule is Cc1cnc(-n2cc(-c3ccc(N)nc3)c(C)n2)s1. The molecule has 0 atom stereocenters. The molecule has 3 aromatic heterocycles. The summed E-state index contributed by atoms with van der Waals surface area (Å²) in [7, 11) is 0. The number of nitrogen functional groups attached to an aromatic ring is 1. The fourth-order valence-electron chi connectivity index (χ4n) is 1.85. The number of thiazole rings is 1. The Morgan fingerprint density at radius 1 is 1.16 bits per heavy atom. The number of anilines is 1. The second kappa shape index (κ2) is 4.47. The predicted molar refractivity (Wildman–Crippen MR) is 76.4 cm³/mol. The average Bonchev–Trinajstić information content (AvgIpc) is 2.97. The zero-order valence-corrected chi connectivity index (χ0v) is 11.5. The molecule has 0 aliphatic carbocycles. The first-order valence-corrected chi connectivity index (χ1v) is 6.66. The molecule has 0 saturated carbocycles. The summed E-state index contributed by atoms with van der Waals surface area (Å²) in [6.45, 7) is 4.00. The fourth-order valence-corrected chi connectivity index (χ4v) is 2.54. The van der Waals surface area contributed by atoms with Crippen LogP contribution < -0.4 is 5.73 Å². The molecule has 0 aliphatic rings. The van der Waals surface area contributed by atoms with Crippen molar-refractivity contribution in [3.05, 3.63) is 41.3 Å². The maximum Gasteiger partial charge on any atom is 0.210 e. The molecular weight excluding hydrogens is 258 g/mol. The Morgan fingerprint density at radius 2 is 2.00 bits per heavy atom. The van der Waals surface area contributed by atoms with E-state index in [4.69, 9.17) is 5.73 Å². The maximum absolute atomic E-state index is 5.60. The van der Waals surface area contributed by atoms with Crippen LogP contribution >= 0.6 is 11.3 Å². The number of aryl methyl sites for hydroxylation is 2. The third kappa shape index (κ3) is 2.22. The number of hydrogen-bond acceptors (Lipinski definition) is 5. The lowest BCUT2D eigenvalue weighted by atomic mass is 10.1. The number of nitrogens with two attached hydrogens (primary N) is 1. The summed E-state index contributed by atoms with van der Waals surface area (Å²) >= 11 is 1.61. The van der Waals surface area contributed by atoms with Crippen LogP contribution in [-0.4, -0.2) is 19.7 Å². The van der Waals surface area contributed by atoms with Crippen molar-refractivity contribution < 1.29 is 0 Å². The minimum absolute atomic E-state index is 0.518.